The van der Waals surface area contributed by atoms with Crippen LogP contribution in [0.2, 0.25) is 5.02 Å². The third-order valence-electron chi connectivity index (χ3n) is 2.40. The van der Waals surface area contributed by atoms with E-state index in [4.69, 9.17) is 21.6 Å². The molecule has 2 aromatic carbocycles. The van der Waals surface area contributed by atoms with Crippen molar-refractivity contribution in [1.82, 2.24) is 0 Å². The van der Waals surface area contributed by atoms with Gasteiger partial charge in [0.2, 0.25) is 0 Å². The number of ether oxygens (including phenoxy) is 1. The van der Waals surface area contributed by atoms with Gasteiger partial charge in [0, 0.05) is 10.6 Å². The highest BCUT2D eigenvalue weighted by Crippen LogP contribution is 2.22. The summed E-state index contributed by atoms with van der Waals surface area (Å²) in [5.74, 6) is -0.115. The summed E-state index contributed by atoms with van der Waals surface area (Å²) in [6.45, 7) is 0.236. The van der Waals surface area contributed by atoms with Gasteiger partial charge in [0.15, 0.2) is 0 Å². The van der Waals surface area contributed by atoms with Crippen LogP contribution < -0.4 is 4.74 Å². The van der Waals surface area contributed by atoms with E-state index < -0.39 is 5.82 Å². The number of nitriles is 1. The zero-order valence-corrected chi connectivity index (χ0v) is 10.1. The highest BCUT2D eigenvalue weighted by atomic mass is 35.5. The van der Waals surface area contributed by atoms with Crippen molar-refractivity contribution in [2.45, 2.75) is 6.61 Å². The molecule has 0 N–H and O–H groups in total. The molecule has 0 unspecified atom stereocenters. The normalized spacial score (nSPS) is 9.83. The Bertz CT molecular complexity index is 607. The Labute approximate surface area is 109 Å². The molecule has 0 saturated heterocycles. The van der Waals surface area contributed by atoms with E-state index in [9.17, 15) is 4.39 Å². The van der Waals surface area contributed by atoms with Crippen LogP contribution in [-0.4, -0.2) is 0 Å². The quantitative estimate of drug-likeness (QED) is 0.839. The van der Waals surface area contributed by atoms with Gasteiger partial charge in [-0.25, -0.2) is 4.39 Å². The van der Waals surface area contributed by atoms with Crippen molar-refractivity contribution >= 4 is 11.6 Å². The van der Waals surface area contributed by atoms with Crippen molar-refractivity contribution in [2.75, 3.05) is 0 Å². The lowest BCUT2D eigenvalue weighted by molar-refractivity contribution is 0.305. The SMILES string of the molecule is N#Cc1cc(F)ccc1OCc1ccccc1Cl. The molecule has 18 heavy (non-hydrogen) atoms. The number of halogens is 2. The van der Waals surface area contributed by atoms with Crippen LogP contribution in [0, 0.1) is 17.1 Å². The maximum atomic E-state index is 12.9. The van der Waals surface area contributed by atoms with E-state index in [0.717, 1.165) is 11.6 Å². The minimum absolute atomic E-state index is 0.169. The molecule has 0 saturated carbocycles. The Balaban J connectivity index is 2.16. The van der Waals surface area contributed by atoms with Gasteiger partial charge in [0.25, 0.3) is 0 Å². The molecular formula is C14H9ClFNO. The van der Waals surface area contributed by atoms with E-state index in [0.29, 0.717) is 10.8 Å². The smallest absolute Gasteiger partial charge is 0.137 e. The first-order valence-electron chi connectivity index (χ1n) is 5.26. The number of hydrogen-bond acceptors (Lipinski definition) is 2. The molecular weight excluding hydrogens is 253 g/mol. The van der Waals surface area contributed by atoms with Gasteiger partial charge in [-0.1, -0.05) is 29.8 Å². The molecule has 2 rings (SSSR count). The van der Waals surface area contributed by atoms with Gasteiger partial charge in [-0.2, -0.15) is 5.26 Å². The summed E-state index contributed by atoms with van der Waals surface area (Å²) >= 11 is 5.98. The fourth-order valence-corrected chi connectivity index (χ4v) is 1.68. The van der Waals surface area contributed by atoms with Gasteiger partial charge in [0.05, 0.1) is 5.56 Å². The summed E-state index contributed by atoms with van der Waals surface area (Å²) in [6.07, 6.45) is 0. The van der Waals surface area contributed by atoms with Gasteiger partial charge in [0.1, 0.15) is 24.2 Å². The number of nitrogens with zero attached hydrogens (tertiary/aromatic N) is 1. The van der Waals surface area contributed by atoms with Crippen molar-refractivity contribution < 1.29 is 9.13 Å². The third kappa shape index (κ3) is 2.79. The molecule has 0 heterocycles. The molecule has 0 aliphatic carbocycles. The molecule has 90 valence electrons. The highest BCUT2D eigenvalue weighted by molar-refractivity contribution is 6.31. The molecule has 2 aromatic rings. The van der Waals surface area contributed by atoms with E-state index in [-0.39, 0.29) is 12.2 Å². The summed E-state index contributed by atoms with van der Waals surface area (Å²) in [7, 11) is 0. The number of rotatable bonds is 3. The fourth-order valence-electron chi connectivity index (χ4n) is 1.49. The predicted octanol–water partition coefficient (Wildman–Crippen LogP) is 3.93. The van der Waals surface area contributed by atoms with E-state index >= 15 is 0 Å². The van der Waals surface area contributed by atoms with Crippen LogP contribution in [0.5, 0.6) is 5.75 Å². The van der Waals surface area contributed by atoms with Crippen molar-refractivity contribution in [3.63, 3.8) is 0 Å². The Kier molecular flexibility index (Phi) is 3.81. The van der Waals surface area contributed by atoms with Gasteiger partial charge in [-0.05, 0) is 24.3 Å². The Morgan fingerprint density at radius 3 is 2.72 bits per heavy atom. The Morgan fingerprint density at radius 2 is 2.00 bits per heavy atom. The van der Waals surface area contributed by atoms with Crippen LogP contribution in [0.15, 0.2) is 42.5 Å². The lowest BCUT2D eigenvalue weighted by atomic mass is 10.2. The zero-order chi connectivity index (χ0) is 13.0. The molecule has 4 heteroatoms. The third-order valence-corrected chi connectivity index (χ3v) is 2.77. The second-order valence-electron chi connectivity index (χ2n) is 3.63. The molecule has 0 atom stereocenters. The average Bonchev–Trinajstić information content (AvgIpc) is 2.39. The van der Waals surface area contributed by atoms with Gasteiger partial charge in [-0.15, -0.1) is 0 Å². The standard InChI is InChI=1S/C14H9ClFNO/c15-13-4-2-1-3-10(13)9-18-14-6-5-12(16)7-11(14)8-17/h1-7H,9H2. The second-order valence-corrected chi connectivity index (χ2v) is 4.04. The van der Waals surface area contributed by atoms with Crippen molar-refractivity contribution in [3.8, 4) is 11.8 Å². The van der Waals surface area contributed by atoms with E-state index in [1.54, 1.807) is 6.07 Å². The number of hydrogen-bond donors (Lipinski definition) is 0. The summed E-state index contributed by atoms with van der Waals surface area (Å²) in [6, 6.07) is 13.0. The maximum absolute atomic E-state index is 12.9. The molecule has 0 fully saturated rings. The van der Waals surface area contributed by atoms with Crippen molar-refractivity contribution in [3.05, 3.63) is 64.4 Å². The molecule has 2 nitrogen and oxygen atoms in total. The molecule has 0 radical (unpaired) electrons. The minimum atomic E-state index is -0.461. The van der Waals surface area contributed by atoms with Gasteiger partial charge in [-0.3, -0.25) is 0 Å². The Morgan fingerprint density at radius 1 is 1.22 bits per heavy atom. The van der Waals surface area contributed by atoms with Crippen LogP contribution in [0.1, 0.15) is 11.1 Å². The first kappa shape index (κ1) is 12.4. The first-order valence-corrected chi connectivity index (χ1v) is 5.64. The largest absolute Gasteiger partial charge is 0.487 e. The molecule has 0 amide bonds. The molecule has 0 aliphatic heterocycles. The highest BCUT2D eigenvalue weighted by Gasteiger charge is 2.06. The first-order chi connectivity index (χ1) is 8.70. The van der Waals surface area contributed by atoms with E-state index in [2.05, 4.69) is 0 Å². The molecule has 0 aromatic heterocycles. The van der Waals surface area contributed by atoms with Crippen LogP contribution in [0.3, 0.4) is 0 Å². The zero-order valence-electron chi connectivity index (χ0n) is 9.36. The van der Waals surface area contributed by atoms with Gasteiger partial charge < -0.3 is 4.74 Å². The molecule has 0 bridgehead atoms. The van der Waals surface area contributed by atoms with E-state index in [1.165, 1.54) is 12.1 Å². The van der Waals surface area contributed by atoms with Crippen LogP contribution >= 0.6 is 11.6 Å². The summed E-state index contributed by atoms with van der Waals surface area (Å²) < 4.78 is 18.4. The summed E-state index contributed by atoms with van der Waals surface area (Å²) in [5.41, 5.74) is 0.981. The number of benzene rings is 2. The lowest BCUT2D eigenvalue weighted by Crippen LogP contribution is -1.98. The predicted molar refractivity (Wildman–Crippen MR) is 66.9 cm³/mol. The second kappa shape index (κ2) is 5.52. The topological polar surface area (TPSA) is 33.0 Å². The monoisotopic (exact) mass is 261 g/mol. The molecule has 0 spiro atoms. The lowest BCUT2D eigenvalue weighted by Gasteiger charge is -2.08. The fraction of sp³-hybridized carbons (Fsp3) is 0.0714. The van der Waals surface area contributed by atoms with E-state index in [1.807, 2.05) is 24.3 Å². The van der Waals surface area contributed by atoms with Crippen molar-refractivity contribution in [1.29, 1.82) is 5.26 Å². The van der Waals surface area contributed by atoms with Crippen LogP contribution in [-0.2, 0) is 6.61 Å². The maximum Gasteiger partial charge on any atom is 0.137 e. The van der Waals surface area contributed by atoms with Crippen molar-refractivity contribution in [2.24, 2.45) is 0 Å². The minimum Gasteiger partial charge on any atom is -0.487 e. The van der Waals surface area contributed by atoms with Crippen LogP contribution in [0.4, 0.5) is 4.39 Å². The summed E-state index contributed by atoms with van der Waals surface area (Å²) in [5, 5.41) is 9.47. The molecule has 0 aliphatic rings. The van der Waals surface area contributed by atoms with Gasteiger partial charge >= 0.3 is 0 Å². The van der Waals surface area contributed by atoms with Crippen LogP contribution in [0.25, 0.3) is 0 Å². The Hall–Kier alpha value is -2.05. The summed E-state index contributed by atoms with van der Waals surface area (Å²) in [4.78, 5) is 0. The average molecular weight is 262 g/mol.